The molecule has 226 valence electrons. The van der Waals surface area contributed by atoms with Crippen molar-refractivity contribution in [1.29, 1.82) is 0 Å². The van der Waals surface area contributed by atoms with Crippen molar-refractivity contribution < 1.29 is 9.53 Å². The summed E-state index contributed by atoms with van der Waals surface area (Å²) in [5.41, 5.74) is 0. The minimum absolute atomic E-state index is 0.0193. The van der Waals surface area contributed by atoms with Gasteiger partial charge in [-0.25, -0.2) is 0 Å². The molecule has 0 spiro atoms. The van der Waals surface area contributed by atoms with Gasteiger partial charge in [0.25, 0.3) is 0 Å². The van der Waals surface area contributed by atoms with Gasteiger partial charge in [0.1, 0.15) is 0 Å². The zero-order chi connectivity index (χ0) is 27.6. The van der Waals surface area contributed by atoms with E-state index < -0.39 is 0 Å². The minimum atomic E-state index is 0.0193. The molecule has 0 saturated heterocycles. The Morgan fingerprint density at radius 2 is 0.737 bits per heavy atom. The number of ether oxygens (including phenoxy) is 1. The highest BCUT2D eigenvalue weighted by atomic mass is 16.5. The number of esters is 1. The van der Waals surface area contributed by atoms with E-state index in [4.69, 9.17) is 4.74 Å². The molecule has 0 atom stereocenters. The number of carbonyl (C=O) groups excluding carboxylic acids is 1. The summed E-state index contributed by atoms with van der Waals surface area (Å²) < 4.78 is 5.43. The van der Waals surface area contributed by atoms with Crippen LogP contribution in [-0.4, -0.2) is 12.6 Å². The number of hydrogen-bond acceptors (Lipinski definition) is 2. The first-order valence-electron chi connectivity index (χ1n) is 17.6. The lowest BCUT2D eigenvalue weighted by Crippen LogP contribution is -2.05. The number of hydrogen-bond donors (Lipinski definition) is 0. The van der Waals surface area contributed by atoms with Crippen molar-refractivity contribution in [2.45, 2.75) is 206 Å². The van der Waals surface area contributed by atoms with Gasteiger partial charge < -0.3 is 4.74 Å². The van der Waals surface area contributed by atoms with Crippen molar-refractivity contribution in [1.82, 2.24) is 0 Å². The largest absolute Gasteiger partial charge is 0.466 e. The number of allylic oxidation sites excluding steroid dienone is 2. The Labute approximate surface area is 240 Å². The third-order valence-corrected chi connectivity index (χ3v) is 7.90. The van der Waals surface area contributed by atoms with Gasteiger partial charge in [0.2, 0.25) is 0 Å². The number of unbranched alkanes of at least 4 members (excludes halogenated alkanes) is 26. The molecule has 38 heavy (non-hydrogen) atoms. The predicted octanol–water partition coefficient (Wildman–Crippen LogP) is 12.8. The number of rotatable bonds is 32. The Bertz CT molecular complexity index is 470. The van der Waals surface area contributed by atoms with E-state index in [2.05, 4.69) is 26.0 Å². The highest BCUT2D eigenvalue weighted by molar-refractivity contribution is 5.69. The Hall–Kier alpha value is -0.790. The van der Waals surface area contributed by atoms with Gasteiger partial charge in [-0.3, -0.25) is 4.79 Å². The van der Waals surface area contributed by atoms with Gasteiger partial charge in [-0.1, -0.05) is 174 Å². The second-order valence-corrected chi connectivity index (χ2v) is 11.9. The molecule has 0 radical (unpaired) electrons. The van der Waals surface area contributed by atoms with E-state index in [9.17, 15) is 4.79 Å². The molecule has 0 aromatic carbocycles. The lowest BCUT2D eigenvalue weighted by molar-refractivity contribution is -0.143. The van der Waals surface area contributed by atoms with Crippen LogP contribution < -0.4 is 0 Å². The lowest BCUT2D eigenvalue weighted by Gasteiger charge is -2.06. The molecule has 0 aromatic rings. The van der Waals surface area contributed by atoms with Crippen LogP contribution in [0.4, 0.5) is 0 Å². The quantitative estimate of drug-likeness (QED) is 0.0487. The molecule has 0 N–H and O–H groups in total. The molecule has 0 unspecified atom stereocenters. The summed E-state index contributed by atoms with van der Waals surface area (Å²) in [6, 6.07) is 0. The second kappa shape index (κ2) is 34.2. The smallest absolute Gasteiger partial charge is 0.305 e. The maximum absolute atomic E-state index is 11.9. The molecule has 0 aromatic heterocycles. The molecule has 2 nitrogen and oxygen atoms in total. The second-order valence-electron chi connectivity index (χ2n) is 11.9. The monoisotopic (exact) mass is 535 g/mol. The predicted molar refractivity (Wildman–Crippen MR) is 170 cm³/mol. The molecular weight excluding hydrogens is 464 g/mol. The van der Waals surface area contributed by atoms with Crippen LogP contribution in [0.15, 0.2) is 12.2 Å². The summed E-state index contributed by atoms with van der Waals surface area (Å²) in [7, 11) is 0. The third-order valence-electron chi connectivity index (χ3n) is 7.90. The molecule has 2 heteroatoms. The molecule has 0 aliphatic heterocycles. The molecule has 0 amide bonds. The number of carbonyl (C=O) groups is 1. The summed E-state index contributed by atoms with van der Waals surface area (Å²) in [4.78, 5) is 11.9. The van der Waals surface area contributed by atoms with Crippen molar-refractivity contribution in [3.05, 3.63) is 12.2 Å². The van der Waals surface area contributed by atoms with Crippen LogP contribution in [0.5, 0.6) is 0 Å². The maximum Gasteiger partial charge on any atom is 0.305 e. The summed E-state index contributed by atoms with van der Waals surface area (Å²) in [6.45, 7) is 5.19. The van der Waals surface area contributed by atoms with E-state index in [1.165, 1.54) is 173 Å². The van der Waals surface area contributed by atoms with Crippen LogP contribution >= 0.6 is 0 Å². The highest BCUT2D eigenvalue weighted by Gasteiger charge is 2.02. The summed E-state index contributed by atoms with van der Waals surface area (Å²) >= 11 is 0. The summed E-state index contributed by atoms with van der Waals surface area (Å²) in [5.74, 6) is 0.0193. The Morgan fingerprint density at radius 3 is 1.13 bits per heavy atom. The van der Waals surface area contributed by atoms with E-state index >= 15 is 0 Å². The van der Waals surface area contributed by atoms with E-state index in [0.29, 0.717) is 13.0 Å². The van der Waals surface area contributed by atoms with Crippen LogP contribution in [0, 0.1) is 0 Å². The normalized spacial score (nSPS) is 11.5. The average Bonchev–Trinajstić information content (AvgIpc) is 2.92. The molecule has 0 aliphatic rings. The molecule has 0 saturated carbocycles. The SMILES string of the molecule is CCCCCCC/C=C/CCCCCCCCC(=O)OCCCCCCCCCCCCCCCCCC. The van der Waals surface area contributed by atoms with Gasteiger partial charge in [-0.15, -0.1) is 0 Å². The topological polar surface area (TPSA) is 26.3 Å². The fourth-order valence-corrected chi connectivity index (χ4v) is 5.25. The van der Waals surface area contributed by atoms with Gasteiger partial charge in [-0.2, -0.15) is 0 Å². The molecule has 0 rings (SSSR count). The Balaban J connectivity index is 3.18. The zero-order valence-corrected chi connectivity index (χ0v) is 26.4. The Morgan fingerprint density at radius 1 is 0.421 bits per heavy atom. The van der Waals surface area contributed by atoms with Crippen LogP contribution in [0.1, 0.15) is 206 Å². The fraction of sp³-hybridized carbons (Fsp3) is 0.917. The summed E-state index contributed by atoms with van der Waals surface area (Å²) in [5, 5.41) is 0. The minimum Gasteiger partial charge on any atom is -0.466 e. The van der Waals surface area contributed by atoms with E-state index in [0.717, 1.165) is 12.8 Å². The molecular formula is C36H70O2. The lowest BCUT2D eigenvalue weighted by atomic mass is 10.0. The molecule has 0 fully saturated rings. The van der Waals surface area contributed by atoms with Crippen LogP contribution in [-0.2, 0) is 9.53 Å². The van der Waals surface area contributed by atoms with E-state index in [1.54, 1.807) is 0 Å². The summed E-state index contributed by atoms with van der Waals surface area (Å²) in [6.07, 6.45) is 44.1. The van der Waals surface area contributed by atoms with Gasteiger partial charge >= 0.3 is 5.97 Å². The van der Waals surface area contributed by atoms with Crippen molar-refractivity contribution in [3.8, 4) is 0 Å². The van der Waals surface area contributed by atoms with Crippen LogP contribution in [0.2, 0.25) is 0 Å². The first-order chi connectivity index (χ1) is 18.8. The standard InChI is InChI=1S/C36H70O2/c1-3-5-7-9-11-13-15-17-19-21-23-25-27-29-31-33-35-38-36(37)34-32-30-28-26-24-22-20-18-16-14-12-10-8-6-4-2/h16,18H,3-15,17,19-35H2,1-2H3/b18-16+. The molecule has 0 bridgehead atoms. The fourth-order valence-electron chi connectivity index (χ4n) is 5.25. The van der Waals surface area contributed by atoms with E-state index in [1.807, 2.05) is 0 Å². The van der Waals surface area contributed by atoms with Crippen LogP contribution in [0.25, 0.3) is 0 Å². The molecule has 0 aliphatic carbocycles. The zero-order valence-electron chi connectivity index (χ0n) is 26.4. The van der Waals surface area contributed by atoms with Gasteiger partial charge in [0, 0.05) is 6.42 Å². The van der Waals surface area contributed by atoms with Crippen molar-refractivity contribution >= 4 is 5.97 Å². The van der Waals surface area contributed by atoms with Crippen LogP contribution in [0.3, 0.4) is 0 Å². The first kappa shape index (κ1) is 37.2. The first-order valence-corrected chi connectivity index (χ1v) is 17.6. The maximum atomic E-state index is 11.9. The van der Waals surface area contributed by atoms with E-state index in [-0.39, 0.29) is 5.97 Å². The van der Waals surface area contributed by atoms with Gasteiger partial charge in [-0.05, 0) is 38.5 Å². The van der Waals surface area contributed by atoms with Gasteiger partial charge in [0.05, 0.1) is 6.61 Å². The Kier molecular flexibility index (Phi) is 33.5. The van der Waals surface area contributed by atoms with Crippen molar-refractivity contribution in [3.63, 3.8) is 0 Å². The van der Waals surface area contributed by atoms with Gasteiger partial charge in [0.15, 0.2) is 0 Å². The van der Waals surface area contributed by atoms with Crippen molar-refractivity contribution in [2.75, 3.05) is 6.61 Å². The average molecular weight is 535 g/mol. The highest BCUT2D eigenvalue weighted by Crippen LogP contribution is 2.14. The van der Waals surface area contributed by atoms with Crippen molar-refractivity contribution in [2.24, 2.45) is 0 Å². The molecule has 0 heterocycles. The third kappa shape index (κ3) is 33.2.